The van der Waals surface area contributed by atoms with E-state index in [-0.39, 0.29) is 12.1 Å². The molecular weight excluding hydrogens is 968 g/mol. The highest BCUT2D eigenvalue weighted by Crippen LogP contribution is 2.54. The number of hydrogen-bond donors (Lipinski definition) is 0. The molecule has 1 aromatic heterocycles. The van der Waals surface area contributed by atoms with Crippen molar-refractivity contribution in [3.63, 3.8) is 0 Å². The van der Waals surface area contributed by atoms with Gasteiger partial charge in [0, 0.05) is 61.3 Å². The largest absolute Gasteiger partial charge is 0.455 e. The molecule has 0 amide bonds. The molecule has 0 radical (unpaired) electrons. The van der Waals surface area contributed by atoms with Crippen LogP contribution in [-0.4, -0.2) is 6.71 Å². The summed E-state index contributed by atoms with van der Waals surface area (Å²) >= 11 is 0. The molecule has 4 heteroatoms. The number of nitrogens with zero attached hydrogens (tertiary/aromatic N) is 2. The molecule has 3 nitrogen and oxygen atoms in total. The van der Waals surface area contributed by atoms with Crippen molar-refractivity contribution in [2.75, 3.05) is 9.80 Å². The van der Waals surface area contributed by atoms with Crippen LogP contribution in [0.4, 0.5) is 34.1 Å². The Hall–Kier alpha value is -9.90. The third-order valence-corrected chi connectivity index (χ3v) is 16.5. The van der Waals surface area contributed by atoms with E-state index in [1.165, 1.54) is 16.5 Å². The highest BCUT2D eigenvalue weighted by atomic mass is 16.3. The predicted octanol–water partition coefficient (Wildman–Crippen LogP) is 19.0. The number of para-hydroxylation sites is 4. The zero-order valence-corrected chi connectivity index (χ0v) is 44.8. The Bertz CT molecular complexity index is 4490. The van der Waals surface area contributed by atoms with Gasteiger partial charge in [0.1, 0.15) is 11.2 Å². The first-order chi connectivity index (χ1) is 40.1. The molecule has 0 unspecified atom stereocenters. The Balaban J connectivity index is 1.13. The highest BCUT2D eigenvalue weighted by Gasteiger charge is 2.46. The van der Waals surface area contributed by atoms with Crippen LogP contribution in [0.2, 0.25) is 0 Å². The maximum absolute atomic E-state index is 9.57. The van der Waals surface area contributed by atoms with Gasteiger partial charge in [-0.3, -0.25) is 0 Å². The Labute approximate surface area is 471 Å². The molecule has 12 aromatic carbocycles. The van der Waals surface area contributed by atoms with Crippen LogP contribution in [0.1, 0.15) is 29.1 Å². The number of benzene rings is 12. The third kappa shape index (κ3) is 7.74. The zero-order chi connectivity index (χ0) is 55.2. The Kier molecular flexibility index (Phi) is 10.7. The van der Waals surface area contributed by atoms with Gasteiger partial charge < -0.3 is 14.2 Å². The first-order valence-corrected chi connectivity index (χ1v) is 27.7. The standard InChI is InChI=1S/C76H55BN2O/c1-76(2,3)57-48-69-72-70(49-57)79(74-60(53-30-15-7-16-31-53)37-22-38-61(74)54-32-17-8-18-33-54)68-45-43-56(62-39-23-40-64-63-34-19-20-41-71(63)80-75(62)64)47-66(68)77(72)65-46-55(50-24-9-4-10-25-50)42-44-67(65)78(69)73-58(51-26-11-5-12-27-51)35-21-36-59(73)52-28-13-6-14-29-52/h4-49H,1-3H3/i21D,22D. The lowest BCUT2D eigenvalue weighted by Crippen LogP contribution is -2.61. The fourth-order valence-corrected chi connectivity index (χ4v) is 12.7. The summed E-state index contributed by atoms with van der Waals surface area (Å²) in [5, 5.41) is 2.17. The van der Waals surface area contributed by atoms with E-state index in [2.05, 4.69) is 279 Å². The molecule has 0 saturated carbocycles. The summed E-state index contributed by atoms with van der Waals surface area (Å²) in [4.78, 5) is 5.09. The average molecular weight is 1030 g/mol. The second-order valence-corrected chi connectivity index (χ2v) is 22.2. The van der Waals surface area contributed by atoms with Crippen LogP contribution < -0.4 is 26.2 Å². The van der Waals surface area contributed by atoms with Gasteiger partial charge in [-0.2, -0.15) is 0 Å². The molecule has 2 aliphatic heterocycles. The molecule has 0 aliphatic carbocycles. The van der Waals surface area contributed by atoms with Crippen molar-refractivity contribution in [2.24, 2.45) is 0 Å². The summed E-state index contributed by atoms with van der Waals surface area (Å²) in [6, 6.07) is 96.2. The number of furan rings is 1. The quantitative estimate of drug-likeness (QED) is 0.141. The first kappa shape index (κ1) is 45.2. The first-order valence-electron chi connectivity index (χ1n) is 28.7. The lowest BCUT2D eigenvalue weighted by molar-refractivity contribution is 0.590. The van der Waals surface area contributed by atoms with E-state index in [0.717, 1.165) is 128 Å². The minimum atomic E-state index is -0.309. The molecule has 0 N–H and O–H groups in total. The Morgan fingerprint density at radius 3 is 1.24 bits per heavy atom. The van der Waals surface area contributed by atoms with Crippen molar-refractivity contribution < 1.29 is 7.16 Å². The monoisotopic (exact) mass is 1020 g/mol. The maximum Gasteiger partial charge on any atom is 0.252 e. The summed E-state index contributed by atoms with van der Waals surface area (Å²) in [7, 11) is 0. The van der Waals surface area contributed by atoms with Gasteiger partial charge in [-0.05, 0) is 96.6 Å². The van der Waals surface area contributed by atoms with Crippen LogP contribution in [0, 0.1) is 0 Å². The van der Waals surface area contributed by atoms with E-state index in [9.17, 15) is 2.74 Å². The van der Waals surface area contributed by atoms with Crippen LogP contribution in [0.15, 0.2) is 283 Å². The van der Waals surface area contributed by atoms with Gasteiger partial charge in [0.2, 0.25) is 0 Å². The summed E-state index contributed by atoms with van der Waals surface area (Å²) < 4.78 is 26.0. The second-order valence-electron chi connectivity index (χ2n) is 22.2. The van der Waals surface area contributed by atoms with Gasteiger partial charge in [0.15, 0.2) is 0 Å². The fourth-order valence-electron chi connectivity index (χ4n) is 12.7. The fraction of sp³-hybridized carbons (Fsp3) is 0.0526. The summed E-state index contributed by atoms with van der Waals surface area (Å²) in [5.74, 6) is 0. The van der Waals surface area contributed by atoms with Gasteiger partial charge in [0.05, 0.1) is 14.1 Å². The zero-order valence-electron chi connectivity index (χ0n) is 46.8. The molecule has 0 bridgehead atoms. The second kappa shape index (κ2) is 18.9. The molecular formula is C76H55BN2O. The van der Waals surface area contributed by atoms with Crippen LogP contribution in [0.5, 0.6) is 0 Å². The van der Waals surface area contributed by atoms with Gasteiger partial charge in [-0.15, -0.1) is 0 Å². The van der Waals surface area contributed by atoms with Crippen molar-refractivity contribution in [3.05, 3.63) is 285 Å². The van der Waals surface area contributed by atoms with Crippen molar-refractivity contribution in [2.45, 2.75) is 26.2 Å². The molecule has 15 rings (SSSR count). The molecule has 0 fully saturated rings. The third-order valence-electron chi connectivity index (χ3n) is 16.5. The van der Waals surface area contributed by atoms with Crippen LogP contribution in [0.25, 0.3) is 88.7 Å². The van der Waals surface area contributed by atoms with Crippen LogP contribution >= 0.6 is 0 Å². The Morgan fingerprint density at radius 1 is 0.350 bits per heavy atom. The van der Waals surface area contributed by atoms with E-state index >= 15 is 0 Å². The van der Waals surface area contributed by atoms with Gasteiger partial charge in [0.25, 0.3) is 6.71 Å². The van der Waals surface area contributed by atoms with Crippen LogP contribution in [-0.2, 0) is 5.41 Å². The van der Waals surface area contributed by atoms with E-state index in [1.807, 2.05) is 18.2 Å². The lowest BCUT2D eigenvalue weighted by Gasteiger charge is -2.46. The predicted molar refractivity (Wildman–Crippen MR) is 339 cm³/mol. The highest BCUT2D eigenvalue weighted by molar-refractivity contribution is 7.00. The topological polar surface area (TPSA) is 19.6 Å². The van der Waals surface area contributed by atoms with E-state index in [1.54, 1.807) is 0 Å². The maximum atomic E-state index is 9.57. The van der Waals surface area contributed by atoms with Gasteiger partial charge in [-0.1, -0.05) is 269 Å². The lowest BCUT2D eigenvalue weighted by atomic mass is 9.33. The van der Waals surface area contributed by atoms with E-state index in [0.29, 0.717) is 12.1 Å². The minimum absolute atomic E-state index is 0.276. The number of anilines is 6. The molecule has 3 heterocycles. The Morgan fingerprint density at radius 2 is 0.762 bits per heavy atom. The molecule has 0 spiro atoms. The molecule has 80 heavy (non-hydrogen) atoms. The minimum Gasteiger partial charge on any atom is -0.455 e. The van der Waals surface area contributed by atoms with Gasteiger partial charge >= 0.3 is 0 Å². The molecule has 0 atom stereocenters. The summed E-state index contributed by atoms with van der Waals surface area (Å²) in [6.45, 7) is 6.67. The SMILES string of the molecule is [2H]c1cc(-c2ccccc2)c(N2c3ccc(-c4ccccc4)cc3B3c4cc(-c5cccc6c5oc5ccccc56)ccc4N(c4c(-c5ccccc5)cc([2H])cc4-c4ccccc4)c4cc(C(C)(C)C)cc2c43)c(-c2ccccc2)c1. The average Bonchev–Trinajstić information content (AvgIpc) is 2.63. The summed E-state index contributed by atoms with van der Waals surface area (Å²) in [5.41, 5.74) is 24.6. The molecule has 378 valence electrons. The van der Waals surface area contributed by atoms with Gasteiger partial charge in [-0.25, -0.2) is 0 Å². The smallest absolute Gasteiger partial charge is 0.252 e. The van der Waals surface area contributed by atoms with E-state index < -0.39 is 0 Å². The number of fused-ring (bicyclic) bond motifs is 7. The van der Waals surface area contributed by atoms with Crippen molar-refractivity contribution in [1.29, 1.82) is 0 Å². The summed E-state index contributed by atoms with van der Waals surface area (Å²) in [6.07, 6.45) is 0. The normalized spacial score (nSPS) is 13.0. The number of rotatable bonds is 8. The van der Waals surface area contributed by atoms with Crippen molar-refractivity contribution in [1.82, 2.24) is 0 Å². The van der Waals surface area contributed by atoms with Crippen molar-refractivity contribution >= 4 is 79.2 Å². The van der Waals surface area contributed by atoms with Crippen LogP contribution in [0.3, 0.4) is 0 Å². The molecule has 2 aliphatic rings. The van der Waals surface area contributed by atoms with Crippen molar-refractivity contribution in [3.8, 4) is 66.8 Å². The molecule has 0 saturated heterocycles. The molecule has 13 aromatic rings. The van der Waals surface area contributed by atoms with E-state index in [4.69, 9.17) is 4.42 Å². The number of hydrogen-bond acceptors (Lipinski definition) is 3.